The zero-order valence-corrected chi connectivity index (χ0v) is 10.1. The molecule has 1 atom stereocenters. The third-order valence-corrected chi connectivity index (χ3v) is 2.97. The number of rotatable bonds is 3. The van der Waals surface area contributed by atoms with Crippen LogP contribution >= 0.6 is 11.6 Å². The summed E-state index contributed by atoms with van der Waals surface area (Å²) in [6.07, 6.45) is -0.687. The van der Waals surface area contributed by atoms with E-state index in [2.05, 4.69) is 0 Å². The summed E-state index contributed by atoms with van der Waals surface area (Å²) in [6, 6.07) is 14.9. The average molecular weight is 248 g/mol. The van der Waals surface area contributed by atoms with Crippen molar-refractivity contribution in [1.82, 2.24) is 0 Å². The minimum atomic E-state index is -0.687. The van der Waals surface area contributed by atoms with E-state index in [4.69, 9.17) is 17.3 Å². The molecule has 0 aromatic heterocycles. The molecule has 0 fully saturated rings. The lowest BCUT2D eigenvalue weighted by Crippen LogP contribution is -2.07. The quantitative estimate of drug-likeness (QED) is 0.876. The van der Waals surface area contributed by atoms with Gasteiger partial charge in [0.05, 0.1) is 0 Å². The second-order valence-electron chi connectivity index (χ2n) is 3.86. The summed E-state index contributed by atoms with van der Waals surface area (Å²) in [5, 5.41) is 10.9. The Hall–Kier alpha value is -1.35. The predicted molar refractivity (Wildman–Crippen MR) is 69.8 cm³/mol. The lowest BCUT2D eigenvalue weighted by molar-refractivity contribution is 0.219. The first-order valence-electron chi connectivity index (χ1n) is 5.44. The Labute approximate surface area is 106 Å². The Bertz CT molecular complexity index is 499. The highest BCUT2D eigenvalue weighted by Crippen LogP contribution is 2.27. The molecule has 0 heterocycles. The van der Waals surface area contributed by atoms with Crippen molar-refractivity contribution in [2.45, 2.75) is 12.6 Å². The molecule has 2 nitrogen and oxygen atoms in total. The van der Waals surface area contributed by atoms with Crippen LogP contribution < -0.4 is 5.73 Å². The van der Waals surface area contributed by atoms with Crippen molar-refractivity contribution in [3.05, 3.63) is 70.2 Å². The third kappa shape index (κ3) is 2.67. The molecule has 0 radical (unpaired) electrons. The summed E-state index contributed by atoms with van der Waals surface area (Å²) in [7, 11) is 0. The molecule has 3 N–H and O–H groups in total. The maximum atomic E-state index is 10.3. The van der Waals surface area contributed by atoms with Gasteiger partial charge in [0.15, 0.2) is 0 Å². The van der Waals surface area contributed by atoms with Gasteiger partial charge in [-0.05, 0) is 28.8 Å². The first kappa shape index (κ1) is 12.1. The van der Waals surface area contributed by atoms with E-state index in [1.807, 2.05) is 36.4 Å². The minimum Gasteiger partial charge on any atom is -0.384 e. The van der Waals surface area contributed by atoms with E-state index in [1.54, 1.807) is 12.1 Å². The molecule has 0 bridgehead atoms. The Balaban J connectivity index is 2.43. The third-order valence-electron chi connectivity index (χ3n) is 2.74. The van der Waals surface area contributed by atoms with Gasteiger partial charge in [-0.3, -0.25) is 0 Å². The summed E-state index contributed by atoms with van der Waals surface area (Å²) in [5.41, 5.74) is 8.18. The zero-order chi connectivity index (χ0) is 12.3. The molecule has 0 spiro atoms. The minimum absolute atomic E-state index is 0.385. The molecule has 0 aliphatic heterocycles. The molecule has 0 aliphatic rings. The smallest absolute Gasteiger partial charge is 0.104 e. The van der Waals surface area contributed by atoms with Gasteiger partial charge in [0.2, 0.25) is 0 Å². The summed E-state index contributed by atoms with van der Waals surface area (Å²) in [6.45, 7) is 0.385. The van der Waals surface area contributed by atoms with Gasteiger partial charge >= 0.3 is 0 Å². The molecule has 17 heavy (non-hydrogen) atoms. The van der Waals surface area contributed by atoms with Gasteiger partial charge in [0.1, 0.15) is 6.10 Å². The number of halogens is 1. The maximum absolute atomic E-state index is 10.3. The molecule has 0 amide bonds. The second kappa shape index (κ2) is 5.32. The molecule has 2 rings (SSSR count). The van der Waals surface area contributed by atoms with Crippen molar-refractivity contribution < 1.29 is 5.11 Å². The van der Waals surface area contributed by atoms with Crippen molar-refractivity contribution in [3.63, 3.8) is 0 Å². The first-order chi connectivity index (χ1) is 8.22. The number of aliphatic hydroxyl groups is 1. The fourth-order valence-electron chi connectivity index (χ4n) is 1.82. The monoisotopic (exact) mass is 247 g/mol. The van der Waals surface area contributed by atoms with Gasteiger partial charge in [-0.2, -0.15) is 0 Å². The molecular weight excluding hydrogens is 234 g/mol. The van der Waals surface area contributed by atoms with E-state index in [0.717, 1.165) is 16.7 Å². The van der Waals surface area contributed by atoms with Gasteiger partial charge in [0, 0.05) is 11.6 Å². The lowest BCUT2D eigenvalue weighted by atomic mass is 9.97. The van der Waals surface area contributed by atoms with Crippen LogP contribution in [0.5, 0.6) is 0 Å². The van der Waals surface area contributed by atoms with Gasteiger partial charge < -0.3 is 10.8 Å². The van der Waals surface area contributed by atoms with Crippen LogP contribution in [-0.2, 0) is 6.54 Å². The predicted octanol–water partition coefficient (Wildman–Crippen LogP) is 2.88. The highest BCUT2D eigenvalue weighted by Gasteiger charge is 2.14. The molecule has 3 heteroatoms. The number of hydrogen-bond donors (Lipinski definition) is 2. The fourth-order valence-corrected chi connectivity index (χ4v) is 2.00. The second-order valence-corrected chi connectivity index (χ2v) is 4.30. The molecule has 0 saturated carbocycles. The number of aliphatic hydroxyl groups excluding tert-OH is 1. The van der Waals surface area contributed by atoms with Crippen molar-refractivity contribution >= 4 is 11.6 Å². The van der Waals surface area contributed by atoms with Crippen molar-refractivity contribution in [3.8, 4) is 0 Å². The Morgan fingerprint density at radius 3 is 2.47 bits per heavy atom. The summed E-state index contributed by atoms with van der Waals surface area (Å²) in [4.78, 5) is 0. The van der Waals surface area contributed by atoms with E-state index >= 15 is 0 Å². The topological polar surface area (TPSA) is 46.2 Å². The zero-order valence-electron chi connectivity index (χ0n) is 9.31. The first-order valence-corrected chi connectivity index (χ1v) is 5.81. The number of nitrogens with two attached hydrogens (primary N) is 1. The summed E-state index contributed by atoms with van der Waals surface area (Å²) < 4.78 is 0. The van der Waals surface area contributed by atoms with Gasteiger partial charge in [-0.25, -0.2) is 0 Å². The normalized spacial score (nSPS) is 12.4. The number of hydrogen-bond acceptors (Lipinski definition) is 2. The van der Waals surface area contributed by atoms with E-state index in [-0.39, 0.29) is 0 Å². The van der Waals surface area contributed by atoms with Crippen LogP contribution in [0.15, 0.2) is 48.5 Å². The summed E-state index contributed by atoms with van der Waals surface area (Å²) in [5.74, 6) is 0. The highest BCUT2D eigenvalue weighted by atomic mass is 35.5. The van der Waals surface area contributed by atoms with Gasteiger partial charge in [0.25, 0.3) is 0 Å². The molecule has 2 aromatic carbocycles. The van der Waals surface area contributed by atoms with Crippen LogP contribution in [0.4, 0.5) is 0 Å². The largest absolute Gasteiger partial charge is 0.384 e. The highest BCUT2D eigenvalue weighted by molar-refractivity contribution is 6.30. The van der Waals surface area contributed by atoms with Crippen LogP contribution in [0.1, 0.15) is 22.8 Å². The molecule has 0 saturated heterocycles. The lowest BCUT2D eigenvalue weighted by Gasteiger charge is -2.15. The van der Waals surface area contributed by atoms with E-state index < -0.39 is 6.10 Å². The Morgan fingerprint density at radius 2 is 1.82 bits per heavy atom. The van der Waals surface area contributed by atoms with Crippen molar-refractivity contribution in [2.75, 3.05) is 0 Å². The molecule has 88 valence electrons. The van der Waals surface area contributed by atoms with Crippen LogP contribution in [-0.4, -0.2) is 5.11 Å². The maximum Gasteiger partial charge on any atom is 0.104 e. The molecule has 0 aliphatic carbocycles. The van der Waals surface area contributed by atoms with Crippen LogP contribution in [0.3, 0.4) is 0 Å². The molecular formula is C14H14ClNO. The summed E-state index contributed by atoms with van der Waals surface area (Å²) >= 11 is 5.95. The van der Waals surface area contributed by atoms with E-state index in [1.165, 1.54) is 0 Å². The van der Waals surface area contributed by atoms with Gasteiger partial charge in [-0.1, -0.05) is 48.0 Å². The van der Waals surface area contributed by atoms with E-state index in [9.17, 15) is 5.11 Å². The van der Waals surface area contributed by atoms with Gasteiger partial charge in [-0.15, -0.1) is 0 Å². The van der Waals surface area contributed by atoms with Crippen LogP contribution in [0, 0.1) is 0 Å². The Morgan fingerprint density at radius 1 is 1.12 bits per heavy atom. The standard InChI is InChI=1S/C14H14ClNO/c15-12-7-6-11(9-16)13(8-12)14(17)10-4-2-1-3-5-10/h1-8,14,17H,9,16H2. The van der Waals surface area contributed by atoms with Crippen LogP contribution in [0.25, 0.3) is 0 Å². The van der Waals surface area contributed by atoms with Crippen LogP contribution in [0.2, 0.25) is 5.02 Å². The average Bonchev–Trinajstić information content (AvgIpc) is 2.39. The van der Waals surface area contributed by atoms with E-state index in [0.29, 0.717) is 11.6 Å². The molecule has 2 aromatic rings. The SMILES string of the molecule is NCc1ccc(Cl)cc1C(O)c1ccccc1. The molecule has 1 unspecified atom stereocenters. The van der Waals surface area contributed by atoms with Crippen molar-refractivity contribution in [1.29, 1.82) is 0 Å². The van der Waals surface area contributed by atoms with Crippen molar-refractivity contribution in [2.24, 2.45) is 5.73 Å². The Kier molecular flexibility index (Phi) is 3.79. The fraction of sp³-hybridized carbons (Fsp3) is 0.143. The number of benzene rings is 2.